The van der Waals surface area contributed by atoms with Crippen molar-refractivity contribution in [1.82, 2.24) is 4.90 Å². The highest BCUT2D eigenvalue weighted by atomic mass is 19.1. The van der Waals surface area contributed by atoms with Crippen molar-refractivity contribution < 1.29 is 9.13 Å². The molecule has 0 spiro atoms. The molecule has 0 aliphatic heterocycles. The van der Waals surface area contributed by atoms with Gasteiger partial charge in [-0.3, -0.25) is 0 Å². The van der Waals surface area contributed by atoms with Gasteiger partial charge in [0, 0.05) is 12.6 Å². The van der Waals surface area contributed by atoms with Crippen molar-refractivity contribution >= 4 is 0 Å². The Labute approximate surface area is 115 Å². The van der Waals surface area contributed by atoms with Gasteiger partial charge in [0.15, 0.2) is 0 Å². The molecule has 1 aromatic carbocycles. The fraction of sp³-hybridized carbons (Fsp3) is 0.500. The van der Waals surface area contributed by atoms with Crippen LogP contribution >= 0.6 is 0 Å². The van der Waals surface area contributed by atoms with E-state index < -0.39 is 0 Å². The van der Waals surface area contributed by atoms with E-state index in [0.29, 0.717) is 12.4 Å². The van der Waals surface area contributed by atoms with Crippen LogP contribution in [0.15, 0.2) is 36.9 Å². The summed E-state index contributed by atoms with van der Waals surface area (Å²) in [6.45, 7) is 6.43. The van der Waals surface area contributed by atoms with Gasteiger partial charge in [-0.05, 0) is 38.6 Å². The lowest BCUT2D eigenvalue weighted by Gasteiger charge is -2.13. The minimum atomic E-state index is -0.247. The van der Waals surface area contributed by atoms with Crippen LogP contribution in [-0.4, -0.2) is 31.6 Å². The number of likely N-dealkylation sites (N-methyl/N-ethyl adjacent to an activating group) is 1. The molecule has 0 N–H and O–H groups in total. The lowest BCUT2D eigenvalue weighted by Crippen LogP contribution is -2.19. The van der Waals surface area contributed by atoms with Gasteiger partial charge in [-0.25, -0.2) is 4.39 Å². The first-order valence-electron chi connectivity index (χ1n) is 6.90. The Morgan fingerprint density at radius 1 is 1.26 bits per heavy atom. The highest BCUT2D eigenvalue weighted by molar-refractivity contribution is 5.22. The number of rotatable bonds is 10. The third-order valence-electron chi connectivity index (χ3n) is 2.94. The van der Waals surface area contributed by atoms with Crippen LogP contribution in [0.4, 0.5) is 4.39 Å². The van der Waals surface area contributed by atoms with E-state index >= 15 is 0 Å². The smallest absolute Gasteiger partial charge is 0.126 e. The Balaban J connectivity index is 1.98. The molecule has 106 valence electrons. The monoisotopic (exact) mass is 265 g/mol. The van der Waals surface area contributed by atoms with E-state index in [4.69, 9.17) is 4.74 Å². The van der Waals surface area contributed by atoms with Gasteiger partial charge in [-0.1, -0.05) is 25.0 Å². The van der Waals surface area contributed by atoms with Crippen molar-refractivity contribution in [1.29, 1.82) is 0 Å². The van der Waals surface area contributed by atoms with Crippen molar-refractivity contribution in [3.63, 3.8) is 0 Å². The van der Waals surface area contributed by atoms with Crippen LogP contribution in [0.25, 0.3) is 0 Å². The summed E-state index contributed by atoms with van der Waals surface area (Å²) in [6, 6.07) is 6.30. The molecule has 0 radical (unpaired) electrons. The summed E-state index contributed by atoms with van der Waals surface area (Å²) < 4.78 is 18.4. The largest absolute Gasteiger partial charge is 0.493 e. The number of hydrogen-bond donors (Lipinski definition) is 0. The Morgan fingerprint density at radius 2 is 2.05 bits per heavy atom. The van der Waals surface area contributed by atoms with E-state index in [2.05, 4.69) is 18.5 Å². The quantitative estimate of drug-likeness (QED) is 0.470. The van der Waals surface area contributed by atoms with Gasteiger partial charge in [0.2, 0.25) is 0 Å². The van der Waals surface area contributed by atoms with Crippen LogP contribution in [0.3, 0.4) is 0 Å². The summed E-state index contributed by atoms with van der Waals surface area (Å²) in [4.78, 5) is 2.26. The zero-order valence-corrected chi connectivity index (χ0v) is 11.8. The Bertz CT molecular complexity index is 368. The fourth-order valence-corrected chi connectivity index (χ4v) is 1.90. The van der Waals surface area contributed by atoms with Crippen LogP contribution in [0.2, 0.25) is 0 Å². The third-order valence-corrected chi connectivity index (χ3v) is 2.94. The van der Waals surface area contributed by atoms with Crippen LogP contribution in [0, 0.1) is 5.82 Å². The molecule has 0 amide bonds. The predicted molar refractivity (Wildman–Crippen MR) is 78.1 cm³/mol. The fourth-order valence-electron chi connectivity index (χ4n) is 1.90. The van der Waals surface area contributed by atoms with Crippen molar-refractivity contribution in [2.24, 2.45) is 0 Å². The van der Waals surface area contributed by atoms with Crippen molar-refractivity contribution in [3.05, 3.63) is 42.7 Å². The molecule has 1 aromatic rings. The van der Waals surface area contributed by atoms with Gasteiger partial charge >= 0.3 is 0 Å². The maximum atomic E-state index is 12.9. The minimum Gasteiger partial charge on any atom is -0.493 e. The second kappa shape index (κ2) is 9.56. The summed E-state index contributed by atoms with van der Waals surface area (Å²) in [5, 5.41) is 0. The zero-order valence-electron chi connectivity index (χ0n) is 11.8. The molecule has 0 atom stereocenters. The van der Waals surface area contributed by atoms with E-state index in [1.54, 1.807) is 12.1 Å². The summed E-state index contributed by atoms with van der Waals surface area (Å²) in [5.41, 5.74) is 0. The average molecular weight is 265 g/mol. The SMILES string of the molecule is C=CCN(C)CCCCCCOc1cccc(F)c1. The lowest BCUT2D eigenvalue weighted by molar-refractivity contribution is 0.299. The summed E-state index contributed by atoms with van der Waals surface area (Å²) in [6.07, 6.45) is 6.49. The first-order valence-corrected chi connectivity index (χ1v) is 6.90. The molecule has 1 rings (SSSR count). The molecule has 0 aliphatic carbocycles. The lowest BCUT2D eigenvalue weighted by atomic mass is 10.2. The number of ether oxygens (including phenoxy) is 1. The van der Waals surface area contributed by atoms with Gasteiger partial charge in [-0.15, -0.1) is 6.58 Å². The van der Waals surface area contributed by atoms with Gasteiger partial charge in [0.05, 0.1) is 6.61 Å². The Kier molecular flexibility index (Phi) is 7.91. The maximum Gasteiger partial charge on any atom is 0.126 e. The second-order valence-electron chi connectivity index (χ2n) is 4.77. The Morgan fingerprint density at radius 3 is 2.79 bits per heavy atom. The molecule has 19 heavy (non-hydrogen) atoms. The molecule has 0 bridgehead atoms. The summed E-state index contributed by atoms with van der Waals surface area (Å²) >= 11 is 0. The summed E-state index contributed by atoms with van der Waals surface area (Å²) in [7, 11) is 2.11. The molecule has 2 nitrogen and oxygen atoms in total. The van der Waals surface area contributed by atoms with Crippen LogP contribution in [0.5, 0.6) is 5.75 Å². The van der Waals surface area contributed by atoms with Crippen LogP contribution < -0.4 is 4.74 Å². The predicted octanol–water partition coefficient (Wildman–Crippen LogP) is 3.88. The first kappa shape index (κ1) is 15.7. The normalized spacial score (nSPS) is 10.7. The number of hydrogen-bond acceptors (Lipinski definition) is 2. The van der Waals surface area contributed by atoms with Gasteiger partial charge in [-0.2, -0.15) is 0 Å². The molecule has 0 saturated carbocycles. The number of halogens is 1. The van der Waals surface area contributed by atoms with E-state index in [0.717, 1.165) is 25.9 Å². The van der Waals surface area contributed by atoms with Crippen molar-refractivity contribution in [2.75, 3.05) is 26.7 Å². The first-order chi connectivity index (χ1) is 9.22. The molecular formula is C16H24FNO. The van der Waals surface area contributed by atoms with E-state index in [1.807, 2.05) is 6.08 Å². The molecule has 0 unspecified atom stereocenters. The number of unbranched alkanes of at least 4 members (excludes halogenated alkanes) is 3. The maximum absolute atomic E-state index is 12.9. The molecule has 0 saturated heterocycles. The molecule has 0 aromatic heterocycles. The zero-order chi connectivity index (χ0) is 13.9. The highest BCUT2D eigenvalue weighted by Gasteiger charge is 1.97. The van der Waals surface area contributed by atoms with E-state index in [9.17, 15) is 4.39 Å². The van der Waals surface area contributed by atoms with Crippen LogP contribution in [0.1, 0.15) is 25.7 Å². The second-order valence-corrected chi connectivity index (χ2v) is 4.77. The van der Waals surface area contributed by atoms with Gasteiger partial charge < -0.3 is 9.64 Å². The number of benzene rings is 1. The highest BCUT2D eigenvalue weighted by Crippen LogP contribution is 2.12. The molecular weight excluding hydrogens is 241 g/mol. The van der Waals surface area contributed by atoms with Gasteiger partial charge in [0.1, 0.15) is 11.6 Å². The number of nitrogens with zero attached hydrogens (tertiary/aromatic N) is 1. The molecule has 0 heterocycles. The molecule has 0 aliphatic rings. The standard InChI is InChI=1S/C16H24FNO/c1-3-11-18(2)12-6-4-5-7-13-19-16-10-8-9-15(17)14-16/h3,8-10,14H,1,4-7,11-13H2,2H3. The van der Waals surface area contributed by atoms with Gasteiger partial charge in [0.25, 0.3) is 0 Å². The van der Waals surface area contributed by atoms with E-state index in [-0.39, 0.29) is 5.82 Å². The topological polar surface area (TPSA) is 12.5 Å². The minimum absolute atomic E-state index is 0.247. The molecule has 0 fully saturated rings. The van der Waals surface area contributed by atoms with Crippen LogP contribution in [-0.2, 0) is 0 Å². The van der Waals surface area contributed by atoms with Crippen molar-refractivity contribution in [2.45, 2.75) is 25.7 Å². The molecule has 3 heteroatoms. The Hall–Kier alpha value is -1.35. The summed E-state index contributed by atoms with van der Waals surface area (Å²) in [5.74, 6) is 0.369. The van der Waals surface area contributed by atoms with E-state index in [1.165, 1.54) is 25.0 Å². The third kappa shape index (κ3) is 7.62. The average Bonchev–Trinajstić information content (AvgIpc) is 2.38. The van der Waals surface area contributed by atoms with Crippen molar-refractivity contribution in [3.8, 4) is 5.75 Å².